The van der Waals surface area contributed by atoms with Gasteiger partial charge >= 0.3 is 0 Å². The Balaban J connectivity index is 2.22. The summed E-state index contributed by atoms with van der Waals surface area (Å²) in [4.78, 5) is 13.8. The summed E-state index contributed by atoms with van der Waals surface area (Å²) in [6.45, 7) is 0. The lowest BCUT2D eigenvalue weighted by Crippen LogP contribution is -2.41. The van der Waals surface area contributed by atoms with Crippen LogP contribution in [0, 0.1) is 0 Å². The van der Waals surface area contributed by atoms with Crippen molar-refractivity contribution in [2.75, 3.05) is 7.11 Å². The van der Waals surface area contributed by atoms with Crippen molar-refractivity contribution in [1.29, 1.82) is 0 Å². The largest absolute Gasteiger partial charge is 0.496 e. The van der Waals surface area contributed by atoms with Crippen molar-refractivity contribution in [2.24, 2.45) is 0 Å². The van der Waals surface area contributed by atoms with Gasteiger partial charge in [-0.05, 0) is 30.3 Å². The molecule has 2 aromatic rings. The van der Waals surface area contributed by atoms with E-state index in [2.05, 4.69) is 5.43 Å². The van der Waals surface area contributed by atoms with Gasteiger partial charge in [-0.15, -0.1) is 4.83 Å². The van der Waals surface area contributed by atoms with Gasteiger partial charge in [0, 0.05) is 5.02 Å². The van der Waals surface area contributed by atoms with Gasteiger partial charge in [0.25, 0.3) is 15.9 Å². The first kappa shape index (κ1) is 18.8. The maximum absolute atomic E-state index is 12.2. The highest BCUT2D eigenvalue weighted by Gasteiger charge is 2.21. The second kappa shape index (κ2) is 7.58. The van der Waals surface area contributed by atoms with Crippen LogP contribution in [-0.4, -0.2) is 21.4 Å². The molecular weight excluding hydrogens is 399 g/mol. The summed E-state index contributed by atoms with van der Waals surface area (Å²) >= 11 is 17.5. The standard InChI is InChI=1S/C14H11Cl3N2O4S/c1-23-11-6-5-8(15)7-9(11)14(20)18-19-24(21,22)12-4-2-3-10(16)13(12)17/h2-7,19H,1H3,(H,18,20). The average molecular weight is 410 g/mol. The molecule has 24 heavy (non-hydrogen) atoms. The summed E-state index contributed by atoms with van der Waals surface area (Å²) in [6.07, 6.45) is 0. The first-order valence-electron chi connectivity index (χ1n) is 6.36. The lowest BCUT2D eigenvalue weighted by molar-refractivity contribution is 0.0942. The molecule has 6 nitrogen and oxygen atoms in total. The van der Waals surface area contributed by atoms with E-state index >= 15 is 0 Å². The minimum absolute atomic E-state index is 0.0601. The van der Waals surface area contributed by atoms with E-state index < -0.39 is 15.9 Å². The van der Waals surface area contributed by atoms with Gasteiger partial charge in [0.1, 0.15) is 10.6 Å². The van der Waals surface area contributed by atoms with Crippen LogP contribution in [0.3, 0.4) is 0 Å². The zero-order valence-electron chi connectivity index (χ0n) is 12.1. The fourth-order valence-corrected chi connectivity index (χ4v) is 3.56. The zero-order chi connectivity index (χ0) is 17.9. The maximum atomic E-state index is 12.2. The molecule has 2 aromatic carbocycles. The van der Waals surface area contributed by atoms with E-state index in [1.165, 1.54) is 43.5 Å². The van der Waals surface area contributed by atoms with Crippen LogP contribution in [0.4, 0.5) is 0 Å². The summed E-state index contributed by atoms with van der Waals surface area (Å²) < 4.78 is 29.5. The van der Waals surface area contributed by atoms with Gasteiger partial charge in [0.2, 0.25) is 0 Å². The van der Waals surface area contributed by atoms with Crippen molar-refractivity contribution in [3.05, 3.63) is 57.0 Å². The maximum Gasteiger partial charge on any atom is 0.270 e. The third kappa shape index (κ3) is 4.12. The van der Waals surface area contributed by atoms with Crippen molar-refractivity contribution in [3.8, 4) is 5.75 Å². The topological polar surface area (TPSA) is 84.5 Å². The Morgan fingerprint density at radius 3 is 2.50 bits per heavy atom. The van der Waals surface area contributed by atoms with Gasteiger partial charge in [0.05, 0.1) is 22.7 Å². The molecule has 0 saturated carbocycles. The Hall–Kier alpha value is -1.51. The lowest BCUT2D eigenvalue weighted by atomic mass is 10.2. The quantitative estimate of drug-likeness (QED) is 0.742. The van der Waals surface area contributed by atoms with Gasteiger partial charge in [0.15, 0.2) is 0 Å². The highest BCUT2D eigenvalue weighted by Crippen LogP contribution is 2.28. The molecule has 0 aromatic heterocycles. The molecule has 0 aliphatic carbocycles. The fraction of sp³-hybridized carbons (Fsp3) is 0.0714. The molecule has 0 unspecified atom stereocenters. The average Bonchev–Trinajstić information content (AvgIpc) is 2.55. The molecular formula is C14H11Cl3N2O4S. The van der Waals surface area contributed by atoms with Crippen molar-refractivity contribution in [1.82, 2.24) is 10.3 Å². The summed E-state index contributed by atoms with van der Waals surface area (Å²) in [6, 6.07) is 8.48. The number of rotatable bonds is 5. The predicted octanol–water partition coefficient (Wildman–Crippen LogP) is 3.28. The molecule has 2 N–H and O–H groups in total. The number of carbonyl (C=O) groups is 1. The van der Waals surface area contributed by atoms with Crippen LogP contribution in [0.25, 0.3) is 0 Å². The molecule has 1 amide bonds. The monoisotopic (exact) mass is 408 g/mol. The summed E-state index contributed by atoms with van der Waals surface area (Å²) in [5, 5.41) is 0.213. The zero-order valence-corrected chi connectivity index (χ0v) is 15.2. The van der Waals surface area contributed by atoms with E-state index in [9.17, 15) is 13.2 Å². The van der Waals surface area contributed by atoms with Crippen LogP contribution in [0.15, 0.2) is 41.3 Å². The fourth-order valence-electron chi connectivity index (χ4n) is 1.79. The molecule has 0 radical (unpaired) electrons. The third-order valence-corrected chi connectivity index (χ3v) is 5.37. The highest BCUT2D eigenvalue weighted by atomic mass is 35.5. The van der Waals surface area contributed by atoms with Crippen LogP contribution in [0.5, 0.6) is 5.75 Å². The van der Waals surface area contributed by atoms with Crippen molar-refractivity contribution >= 4 is 50.7 Å². The number of methoxy groups -OCH3 is 1. The minimum Gasteiger partial charge on any atom is -0.496 e. The van der Waals surface area contributed by atoms with Crippen LogP contribution in [0.1, 0.15) is 10.4 Å². The Kier molecular flexibility index (Phi) is 5.95. The summed E-state index contributed by atoms with van der Waals surface area (Å²) in [5.74, 6) is -0.520. The Morgan fingerprint density at radius 2 is 1.83 bits per heavy atom. The summed E-state index contributed by atoms with van der Waals surface area (Å²) in [7, 11) is -2.75. The van der Waals surface area contributed by atoms with Gasteiger partial charge in [-0.25, -0.2) is 8.42 Å². The number of hydrazine groups is 1. The lowest BCUT2D eigenvalue weighted by Gasteiger charge is -2.12. The number of amides is 1. The number of hydrogen-bond donors (Lipinski definition) is 2. The number of ether oxygens (including phenoxy) is 1. The van der Waals surface area contributed by atoms with Gasteiger partial charge in [-0.3, -0.25) is 10.2 Å². The van der Waals surface area contributed by atoms with Gasteiger partial charge < -0.3 is 4.74 Å². The van der Waals surface area contributed by atoms with E-state index in [-0.39, 0.29) is 26.3 Å². The van der Waals surface area contributed by atoms with Gasteiger partial charge in [-0.1, -0.05) is 40.9 Å². The molecule has 0 saturated heterocycles. The summed E-state index contributed by atoms with van der Waals surface area (Å²) in [5.41, 5.74) is 2.13. The van der Waals surface area contributed by atoms with E-state index in [0.29, 0.717) is 5.02 Å². The van der Waals surface area contributed by atoms with Crippen LogP contribution in [0.2, 0.25) is 15.1 Å². The molecule has 0 fully saturated rings. The second-order valence-electron chi connectivity index (χ2n) is 4.46. The smallest absolute Gasteiger partial charge is 0.270 e. The minimum atomic E-state index is -4.12. The molecule has 0 spiro atoms. The number of benzene rings is 2. The first-order valence-corrected chi connectivity index (χ1v) is 8.97. The molecule has 0 atom stereocenters. The molecule has 0 aliphatic rings. The predicted molar refractivity (Wildman–Crippen MR) is 92.3 cm³/mol. The van der Waals surface area contributed by atoms with E-state index in [1.54, 1.807) is 0 Å². The van der Waals surface area contributed by atoms with E-state index in [1.807, 2.05) is 4.83 Å². The SMILES string of the molecule is COc1ccc(Cl)cc1C(=O)NNS(=O)(=O)c1cccc(Cl)c1Cl. The van der Waals surface area contributed by atoms with E-state index in [0.717, 1.165) is 0 Å². The molecule has 2 rings (SSSR count). The van der Waals surface area contributed by atoms with Crippen LogP contribution in [-0.2, 0) is 10.0 Å². The molecule has 0 aliphatic heterocycles. The first-order chi connectivity index (χ1) is 11.3. The van der Waals surface area contributed by atoms with E-state index in [4.69, 9.17) is 39.5 Å². The number of halogens is 3. The molecule has 0 heterocycles. The molecule has 128 valence electrons. The van der Waals surface area contributed by atoms with Crippen molar-refractivity contribution < 1.29 is 17.9 Å². The Labute approximate surface area is 153 Å². The van der Waals surface area contributed by atoms with Gasteiger partial charge in [-0.2, -0.15) is 0 Å². The van der Waals surface area contributed by atoms with Crippen LogP contribution < -0.4 is 15.0 Å². The highest BCUT2D eigenvalue weighted by molar-refractivity contribution is 7.89. The number of hydrogen-bond acceptors (Lipinski definition) is 4. The number of carbonyl (C=O) groups excluding carboxylic acids is 1. The normalized spacial score (nSPS) is 11.2. The third-order valence-electron chi connectivity index (χ3n) is 2.91. The molecule has 0 bridgehead atoms. The molecule has 10 heteroatoms. The van der Waals surface area contributed by atoms with Crippen LogP contribution >= 0.6 is 34.8 Å². The Bertz CT molecular complexity index is 888. The van der Waals surface area contributed by atoms with Crippen molar-refractivity contribution in [2.45, 2.75) is 4.90 Å². The second-order valence-corrected chi connectivity index (χ2v) is 7.33. The Morgan fingerprint density at radius 1 is 1.12 bits per heavy atom. The number of sulfonamides is 1. The van der Waals surface area contributed by atoms with Crippen molar-refractivity contribution in [3.63, 3.8) is 0 Å². The number of nitrogens with one attached hydrogen (secondary N) is 2.